The van der Waals surface area contributed by atoms with Gasteiger partial charge in [0.1, 0.15) is 6.04 Å². The molecule has 1 aromatic carbocycles. The van der Waals surface area contributed by atoms with Gasteiger partial charge in [0.2, 0.25) is 5.91 Å². The first-order valence-corrected chi connectivity index (χ1v) is 9.46. The number of hydrogen-bond donors (Lipinski definition) is 0. The third kappa shape index (κ3) is 4.20. The van der Waals surface area contributed by atoms with E-state index in [1.54, 1.807) is 12.1 Å². The molecule has 2 aliphatic rings. The lowest BCUT2D eigenvalue weighted by molar-refractivity contribution is -0.187. The largest absolute Gasteiger partial charge is 0.471 e. The Bertz CT molecular complexity index is 753. The average Bonchev–Trinajstić information content (AvgIpc) is 3.16. The molecule has 3 rings (SSSR count). The van der Waals surface area contributed by atoms with Crippen LogP contribution in [-0.2, 0) is 9.59 Å². The van der Waals surface area contributed by atoms with Gasteiger partial charge in [-0.05, 0) is 32.6 Å². The molecule has 1 atom stereocenters. The number of benzene rings is 1. The molecule has 2 aliphatic heterocycles. The molecule has 0 saturated carbocycles. The van der Waals surface area contributed by atoms with Crippen LogP contribution in [0.2, 0.25) is 0 Å². The van der Waals surface area contributed by atoms with E-state index in [1.165, 1.54) is 4.90 Å². The number of ketones is 1. The van der Waals surface area contributed by atoms with Crippen molar-refractivity contribution >= 4 is 17.6 Å². The van der Waals surface area contributed by atoms with Crippen LogP contribution in [0.25, 0.3) is 0 Å². The van der Waals surface area contributed by atoms with Crippen molar-refractivity contribution in [2.45, 2.75) is 44.8 Å². The Kier molecular flexibility index (Phi) is 5.76. The normalized spacial score (nSPS) is 21.1. The number of aryl methyl sites for hydroxylation is 1. The molecular formula is C20H23F3N2O3. The van der Waals surface area contributed by atoms with Crippen LogP contribution in [0.1, 0.15) is 41.6 Å². The Hall–Kier alpha value is -2.38. The minimum absolute atomic E-state index is 0.0295. The van der Waals surface area contributed by atoms with Gasteiger partial charge in [-0.25, -0.2) is 0 Å². The summed E-state index contributed by atoms with van der Waals surface area (Å²) in [6.07, 6.45) is -3.42. The monoisotopic (exact) mass is 396 g/mol. The first-order chi connectivity index (χ1) is 13.2. The summed E-state index contributed by atoms with van der Waals surface area (Å²) in [5.41, 5.74) is 1.69. The summed E-state index contributed by atoms with van der Waals surface area (Å²) in [5.74, 6) is -2.57. The molecule has 0 aromatic heterocycles. The number of carbonyl (C=O) groups excluding carboxylic acids is 3. The van der Waals surface area contributed by atoms with Crippen molar-refractivity contribution in [3.05, 3.63) is 35.4 Å². The summed E-state index contributed by atoms with van der Waals surface area (Å²) in [7, 11) is 0. The molecule has 0 aliphatic carbocycles. The number of carbonyl (C=O) groups is 3. The molecule has 2 fully saturated rings. The van der Waals surface area contributed by atoms with E-state index in [0.29, 0.717) is 42.8 Å². The highest BCUT2D eigenvalue weighted by molar-refractivity contribution is 5.98. The zero-order valence-corrected chi connectivity index (χ0v) is 15.7. The van der Waals surface area contributed by atoms with Crippen molar-refractivity contribution in [2.24, 2.45) is 5.92 Å². The zero-order valence-electron chi connectivity index (χ0n) is 15.7. The van der Waals surface area contributed by atoms with Crippen LogP contribution in [0, 0.1) is 12.8 Å². The maximum atomic E-state index is 12.8. The van der Waals surface area contributed by atoms with Crippen LogP contribution in [0.15, 0.2) is 24.3 Å². The summed E-state index contributed by atoms with van der Waals surface area (Å²) in [5, 5.41) is 0. The summed E-state index contributed by atoms with van der Waals surface area (Å²) in [4.78, 5) is 39.0. The summed E-state index contributed by atoms with van der Waals surface area (Å²) in [6.45, 7) is 2.50. The first kappa shape index (κ1) is 20.4. The molecule has 0 bridgehead atoms. The topological polar surface area (TPSA) is 57.7 Å². The van der Waals surface area contributed by atoms with Crippen LogP contribution >= 0.6 is 0 Å². The number of halogens is 3. The number of nitrogens with zero attached hydrogens (tertiary/aromatic N) is 2. The number of rotatable bonds is 3. The van der Waals surface area contributed by atoms with Gasteiger partial charge < -0.3 is 9.80 Å². The minimum atomic E-state index is -4.98. The van der Waals surface area contributed by atoms with E-state index in [2.05, 4.69) is 0 Å². The van der Waals surface area contributed by atoms with Gasteiger partial charge in [-0.1, -0.05) is 29.8 Å². The second-order valence-electron chi connectivity index (χ2n) is 7.48. The standard InChI is InChI=1S/C20H23F3N2O3/c1-13-4-6-14(7-5-13)17(26)15-8-11-24(12-9-15)18(27)16-3-2-10-25(16)19(28)20(21,22)23/h4-7,15-16H,2-3,8-12H2,1H3. The highest BCUT2D eigenvalue weighted by Gasteiger charge is 2.48. The smallest absolute Gasteiger partial charge is 0.341 e. The molecule has 2 heterocycles. The van der Waals surface area contributed by atoms with Gasteiger partial charge in [0, 0.05) is 31.1 Å². The van der Waals surface area contributed by atoms with E-state index >= 15 is 0 Å². The third-order valence-electron chi connectivity index (χ3n) is 5.55. The fourth-order valence-corrected chi connectivity index (χ4v) is 3.96. The molecular weight excluding hydrogens is 373 g/mol. The SMILES string of the molecule is Cc1ccc(C(=O)C2CCN(C(=O)C3CCCN3C(=O)C(F)(F)F)CC2)cc1. The van der Waals surface area contributed by atoms with Gasteiger partial charge in [0.05, 0.1) is 0 Å². The number of alkyl halides is 3. The van der Waals surface area contributed by atoms with Crippen molar-refractivity contribution < 1.29 is 27.6 Å². The van der Waals surface area contributed by atoms with Crippen molar-refractivity contribution in [3.8, 4) is 0 Å². The zero-order chi connectivity index (χ0) is 20.5. The van der Waals surface area contributed by atoms with Gasteiger partial charge in [-0.15, -0.1) is 0 Å². The van der Waals surface area contributed by atoms with E-state index in [4.69, 9.17) is 0 Å². The molecule has 0 spiro atoms. The van der Waals surface area contributed by atoms with E-state index in [1.807, 2.05) is 19.1 Å². The fourth-order valence-electron chi connectivity index (χ4n) is 3.96. The lowest BCUT2D eigenvalue weighted by atomic mass is 9.88. The van der Waals surface area contributed by atoms with Crippen LogP contribution in [0.4, 0.5) is 13.2 Å². The van der Waals surface area contributed by atoms with Gasteiger partial charge in [0.25, 0.3) is 0 Å². The van der Waals surface area contributed by atoms with Gasteiger partial charge in [-0.2, -0.15) is 13.2 Å². The Morgan fingerprint density at radius 2 is 1.57 bits per heavy atom. The number of likely N-dealkylation sites (tertiary alicyclic amines) is 2. The summed E-state index contributed by atoms with van der Waals surface area (Å²) >= 11 is 0. The Balaban J connectivity index is 1.60. The summed E-state index contributed by atoms with van der Waals surface area (Å²) < 4.78 is 38.3. The number of amides is 2. The molecule has 1 aromatic rings. The molecule has 8 heteroatoms. The van der Waals surface area contributed by atoms with Crippen LogP contribution in [0.5, 0.6) is 0 Å². The molecule has 2 saturated heterocycles. The lowest BCUT2D eigenvalue weighted by Crippen LogP contribution is -2.53. The van der Waals surface area contributed by atoms with Crippen molar-refractivity contribution in [2.75, 3.05) is 19.6 Å². The van der Waals surface area contributed by atoms with Crippen LogP contribution < -0.4 is 0 Å². The van der Waals surface area contributed by atoms with Crippen molar-refractivity contribution in [1.82, 2.24) is 9.80 Å². The highest BCUT2D eigenvalue weighted by Crippen LogP contribution is 2.28. The van der Waals surface area contributed by atoms with Gasteiger partial charge >= 0.3 is 12.1 Å². The first-order valence-electron chi connectivity index (χ1n) is 9.46. The third-order valence-corrected chi connectivity index (χ3v) is 5.55. The summed E-state index contributed by atoms with van der Waals surface area (Å²) in [6, 6.07) is 6.26. The maximum absolute atomic E-state index is 12.8. The minimum Gasteiger partial charge on any atom is -0.341 e. The van der Waals surface area contributed by atoms with Crippen LogP contribution in [0.3, 0.4) is 0 Å². The number of Topliss-reactive ketones (excluding diaryl/α,β-unsaturated/α-hetero) is 1. The fraction of sp³-hybridized carbons (Fsp3) is 0.550. The van der Waals surface area contributed by atoms with E-state index in [0.717, 1.165) is 5.56 Å². The predicted octanol–water partition coefficient (Wildman–Crippen LogP) is 2.97. The Morgan fingerprint density at radius 3 is 2.14 bits per heavy atom. The van der Waals surface area contributed by atoms with Crippen LogP contribution in [-0.4, -0.2) is 59.2 Å². The molecule has 2 amide bonds. The molecule has 5 nitrogen and oxygen atoms in total. The average molecular weight is 396 g/mol. The Labute approximate surface area is 161 Å². The maximum Gasteiger partial charge on any atom is 0.471 e. The molecule has 152 valence electrons. The number of hydrogen-bond acceptors (Lipinski definition) is 3. The number of piperidine rings is 1. The quantitative estimate of drug-likeness (QED) is 0.738. The lowest BCUT2D eigenvalue weighted by Gasteiger charge is -2.35. The van der Waals surface area contributed by atoms with E-state index in [9.17, 15) is 27.6 Å². The van der Waals surface area contributed by atoms with E-state index in [-0.39, 0.29) is 24.7 Å². The van der Waals surface area contributed by atoms with Crippen molar-refractivity contribution in [3.63, 3.8) is 0 Å². The highest BCUT2D eigenvalue weighted by atomic mass is 19.4. The second-order valence-corrected chi connectivity index (χ2v) is 7.48. The molecule has 28 heavy (non-hydrogen) atoms. The van der Waals surface area contributed by atoms with Gasteiger partial charge in [-0.3, -0.25) is 14.4 Å². The predicted molar refractivity (Wildman–Crippen MR) is 95.6 cm³/mol. The van der Waals surface area contributed by atoms with Crippen molar-refractivity contribution in [1.29, 1.82) is 0 Å². The van der Waals surface area contributed by atoms with E-state index < -0.39 is 24.0 Å². The molecule has 0 radical (unpaired) electrons. The molecule has 1 unspecified atom stereocenters. The second kappa shape index (κ2) is 7.93. The Morgan fingerprint density at radius 1 is 0.964 bits per heavy atom. The molecule has 0 N–H and O–H groups in total. The van der Waals surface area contributed by atoms with Gasteiger partial charge in [0.15, 0.2) is 5.78 Å².